The van der Waals surface area contributed by atoms with E-state index in [1.54, 1.807) is 31.6 Å². The Hall–Kier alpha value is -3.26. The molecule has 1 aliphatic heterocycles. The Bertz CT molecular complexity index is 981. The number of rotatable bonds is 11. The van der Waals surface area contributed by atoms with Crippen molar-refractivity contribution in [3.05, 3.63) is 59.9 Å². The molecule has 1 fully saturated rings. The molecular weight excluding hydrogens is 422 g/mol. The number of ether oxygens (including phenoxy) is 2. The summed E-state index contributed by atoms with van der Waals surface area (Å²) in [6.45, 7) is 4.72. The number of amides is 3. The molecule has 0 aliphatic carbocycles. The van der Waals surface area contributed by atoms with Crippen molar-refractivity contribution in [3.8, 4) is 5.75 Å². The third kappa shape index (κ3) is 5.76. The standard InChI is InChI=1S/C25H31N3O5/c1-18-8-4-5-10-21(18)25(15-23(30)28(24(25)31)12-7-13-32-3)14-22(29)27-16-19(2)33-20-9-6-11-26-17-20/h4-6,8-11,17,19H,7,12-16H2,1-3H3,(H,27,29)/t19-,25-/m0/s1. The minimum absolute atomic E-state index is 0.0289. The molecule has 176 valence electrons. The number of hydrogen-bond donors (Lipinski definition) is 1. The Morgan fingerprint density at radius 3 is 2.73 bits per heavy atom. The molecule has 0 spiro atoms. The molecule has 3 rings (SSSR count). The molecule has 33 heavy (non-hydrogen) atoms. The first-order valence-corrected chi connectivity index (χ1v) is 11.1. The molecule has 1 saturated heterocycles. The zero-order valence-corrected chi connectivity index (χ0v) is 19.4. The summed E-state index contributed by atoms with van der Waals surface area (Å²) in [6, 6.07) is 11.0. The van der Waals surface area contributed by atoms with Crippen molar-refractivity contribution in [2.75, 3.05) is 26.8 Å². The van der Waals surface area contributed by atoms with Crippen molar-refractivity contribution in [2.45, 2.75) is 44.6 Å². The van der Waals surface area contributed by atoms with Crippen LogP contribution >= 0.6 is 0 Å². The largest absolute Gasteiger partial charge is 0.487 e. The van der Waals surface area contributed by atoms with Crippen LogP contribution in [0.15, 0.2) is 48.8 Å². The lowest BCUT2D eigenvalue weighted by molar-refractivity contribution is -0.141. The molecular formula is C25H31N3O5. The van der Waals surface area contributed by atoms with Gasteiger partial charge in [-0.1, -0.05) is 24.3 Å². The van der Waals surface area contributed by atoms with Crippen LogP contribution in [0.1, 0.15) is 37.3 Å². The quantitative estimate of drug-likeness (QED) is 0.414. The Balaban J connectivity index is 1.74. The highest BCUT2D eigenvalue weighted by Crippen LogP contribution is 2.41. The summed E-state index contributed by atoms with van der Waals surface area (Å²) < 4.78 is 10.8. The smallest absolute Gasteiger partial charge is 0.240 e. The first kappa shape index (κ1) is 24.4. The Kier molecular flexibility index (Phi) is 8.16. The predicted octanol–water partition coefficient (Wildman–Crippen LogP) is 2.40. The highest BCUT2D eigenvalue weighted by molar-refractivity contribution is 6.10. The van der Waals surface area contributed by atoms with Crippen LogP contribution in [-0.2, 0) is 24.5 Å². The van der Waals surface area contributed by atoms with E-state index in [-0.39, 0.29) is 49.8 Å². The number of aromatic nitrogens is 1. The zero-order valence-electron chi connectivity index (χ0n) is 19.4. The maximum Gasteiger partial charge on any atom is 0.240 e. The van der Waals surface area contributed by atoms with Crippen LogP contribution in [0, 0.1) is 6.92 Å². The van der Waals surface area contributed by atoms with E-state index in [4.69, 9.17) is 9.47 Å². The fourth-order valence-electron chi connectivity index (χ4n) is 4.23. The van der Waals surface area contributed by atoms with Gasteiger partial charge in [0.25, 0.3) is 0 Å². The third-order valence-corrected chi connectivity index (χ3v) is 5.82. The van der Waals surface area contributed by atoms with Gasteiger partial charge in [0.15, 0.2) is 0 Å². The molecule has 3 amide bonds. The van der Waals surface area contributed by atoms with Crippen molar-refractivity contribution in [1.82, 2.24) is 15.2 Å². The van der Waals surface area contributed by atoms with E-state index in [0.717, 1.165) is 5.56 Å². The molecule has 0 unspecified atom stereocenters. The first-order valence-electron chi connectivity index (χ1n) is 11.1. The molecule has 0 bridgehead atoms. The van der Waals surface area contributed by atoms with Crippen molar-refractivity contribution in [2.24, 2.45) is 0 Å². The Morgan fingerprint density at radius 2 is 2.03 bits per heavy atom. The number of carbonyl (C=O) groups excluding carboxylic acids is 3. The number of pyridine rings is 1. The van der Waals surface area contributed by atoms with Crippen LogP contribution in [0.4, 0.5) is 0 Å². The van der Waals surface area contributed by atoms with Crippen molar-refractivity contribution in [1.29, 1.82) is 0 Å². The maximum absolute atomic E-state index is 13.6. The maximum atomic E-state index is 13.6. The van der Waals surface area contributed by atoms with Gasteiger partial charge in [0, 0.05) is 39.3 Å². The molecule has 0 radical (unpaired) electrons. The number of carbonyl (C=O) groups is 3. The van der Waals surface area contributed by atoms with Gasteiger partial charge in [-0.25, -0.2) is 0 Å². The van der Waals surface area contributed by atoms with Gasteiger partial charge in [-0.3, -0.25) is 24.3 Å². The molecule has 1 aliphatic rings. The molecule has 1 N–H and O–H groups in total. The van der Waals surface area contributed by atoms with Crippen LogP contribution in [0.25, 0.3) is 0 Å². The van der Waals surface area contributed by atoms with E-state index < -0.39 is 5.41 Å². The summed E-state index contributed by atoms with van der Waals surface area (Å²) in [5.41, 5.74) is 0.374. The molecule has 8 heteroatoms. The number of nitrogens with one attached hydrogen (secondary N) is 1. The number of likely N-dealkylation sites (tertiary alicyclic amines) is 1. The summed E-state index contributed by atoms with van der Waals surface area (Å²) in [5.74, 6) is -0.285. The molecule has 0 saturated carbocycles. The Morgan fingerprint density at radius 1 is 1.24 bits per heavy atom. The fraction of sp³-hybridized carbons (Fsp3) is 0.440. The number of benzene rings is 1. The molecule has 1 aromatic carbocycles. The topological polar surface area (TPSA) is 97.8 Å². The lowest BCUT2D eigenvalue weighted by Gasteiger charge is -2.29. The second kappa shape index (κ2) is 11.0. The van der Waals surface area contributed by atoms with Crippen molar-refractivity contribution in [3.63, 3.8) is 0 Å². The summed E-state index contributed by atoms with van der Waals surface area (Å²) in [6.07, 6.45) is 3.38. The lowest BCUT2D eigenvalue weighted by atomic mass is 9.74. The summed E-state index contributed by atoms with van der Waals surface area (Å²) in [5, 5.41) is 2.86. The van der Waals surface area contributed by atoms with Gasteiger partial charge < -0.3 is 14.8 Å². The number of methoxy groups -OCH3 is 1. The third-order valence-electron chi connectivity index (χ3n) is 5.82. The Labute approximate surface area is 194 Å². The zero-order chi connectivity index (χ0) is 23.8. The molecule has 2 atom stereocenters. The number of imide groups is 1. The average molecular weight is 454 g/mol. The van der Waals surface area contributed by atoms with Crippen molar-refractivity contribution >= 4 is 17.7 Å². The van der Waals surface area contributed by atoms with E-state index >= 15 is 0 Å². The van der Waals surface area contributed by atoms with Crippen molar-refractivity contribution < 1.29 is 23.9 Å². The van der Waals surface area contributed by atoms with Gasteiger partial charge in [0.2, 0.25) is 17.7 Å². The number of nitrogens with zero attached hydrogens (tertiary/aromatic N) is 2. The minimum atomic E-state index is -1.22. The van der Waals surface area contributed by atoms with Crippen LogP contribution < -0.4 is 10.1 Å². The van der Waals surface area contributed by atoms with E-state index in [0.29, 0.717) is 24.3 Å². The van der Waals surface area contributed by atoms with Gasteiger partial charge in [0.1, 0.15) is 11.9 Å². The highest BCUT2D eigenvalue weighted by atomic mass is 16.5. The summed E-state index contributed by atoms with van der Waals surface area (Å²) in [4.78, 5) is 44.7. The monoisotopic (exact) mass is 453 g/mol. The average Bonchev–Trinajstić information content (AvgIpc) is 3.03. The number of aryl methyl sites for hydroxylation is 1. The predicted molar refractivity (Wildman–Crippen MR) is 123 cm³/mol. The highest BCUT2D eigenvalue weighted by Gasteiger charge is 2.53. The van der Waals surface area contributed by atoms with Crippen LogP contribution in [-0.4, -0.2) is 60.5 Å². The van der Waals surface area contributed by atoms with Crippen LogP contribution in [0.2, 0.25) is 0 Å². The SMILES string of the molecule is COCCCN1C(=O)C[C@@](CC(=O)NC[C@H](C)Oc2cccnc2)(c2ccccc2C)C1=O. The van der Waals surface area contributed by atoms with E-state index in [2.05, 4.69) is 10.3 Å². The van der Waals surface area contributed by atoms with E-state index in [1.807, 2.05) is 38.1 Å². The van der Waals surface area contributed by atoms with Gasteiger partial charge in [-0.05, 0) is 43.5 Å². The van der Waals surface area contributed by atoms with Gasteiger partial charge >= 0.3 is 0 Å². The summed E-state index contributed by atoms with van der Waals surface area (Å²) >= 11 is 0. The second-order valence-corrected chi connectivity index (χ2v) is 8.37. The minimum Gasteiger partial charge on any atom is -0.487 e. The second-order valence-electron chi connectivity index (χ2n) is 8.37. The van der Waals surface area contributed by atoms with Gasteiger partial charge in [0.05, 0.1) is 18.2 Å². The van der Waals surface area contributed by atoms with Crippen LogP contribution in [0.3, 0.4) is 0 Å². The first-order chi connectivity index (χ1) is 15.9. The molecule has 2 aromatic rings. The fourth-order valence-corrected chi connectivity index (χ4v) is 4.23. The summed E-state index contributed by atoms with van der Waals surface area (Å²) in [7, 11) is 1.58. The normalized spacial score (nSPS) is 18.9. The lowest BCUT2D eigenvalue weighted by Crippen LogP contribution is -2.44. The molecule has 2 heterocycles. The van der Waals surface area contributed by atoms with E-state index in [1.165, 1.54) is 4.90 Å². The van der Waals surface area contributed by atoms with Gasteiger partial charge in [-0.15, -0.1) is 0 Å². The number of hydrogen-bond acceptors (Lipinski definition) is 6. The molecule has 1 aromatic heterocycles. The molecule has 8 nitrogen and oxygen atoms in total. The van der Waals surface area contributed by atoms with Gasteiger partial charge in [-0.2, -0.15) is 0 Å². The van der Waals surface area contributed by atoms with E-state index in [9.17, 15) is 14.4 Å². The van der Waals surface area contributed by atoms with Crippen LogP contribution in [0.5, 0.6) is 5.75 Å².